The van der Waals surface area contributed by atoms with E-state index in [2.05, 4.69) is 39.9 Å². The Morgan fingerprint density at radius 2 is 2.31 bits per heavy atom. The zero-order chi connectivity index (χ0) is 11.1. The Morgan fingerprint density at radius 1 is 1.50 bits per heavy atom. The molecule has 1 fully saturated rings. The van der Waals surface area contributed by atoms with E-state index in [0.29, 0.717) is 18.4 Å². The van der Waals surface area contributed by atoms with Gasteiger partial charge < -0.3 is 5.73 Å². The quantitative estimate of drug-likeness (QED) is 0.849. The van der Waals surface area contributed by atoms with E-state index >= 15 is 0 Å². The molecule has 3 rings (SSSR count). The van der Waals surface area contributed by atoms with Crippen LogP contribution in [-0.2, 0) is 0 Å². The van der Waals surface area contributed by atoms with Crippen LogP contribution < -0.4 is 5.73 Å². The maximum absolute atomic E-state index is 5.67. The SMILES string of the molecule is CC(CN)c1ccn2c(C3CC3)nnc2c1. The first-order chi connectivity index (χ1) is 7.79. The average molecular weight is 216 g/mol. The maximum Gasteiger partial charge on any atom is 0.161 e. The number of aromatic nitrogens is 3. The van der Waals surface area contributed by atoms with Crippen LogP contribution in [0.25, 0.3) is 5.65 Å². The molecule has 1 aliphatic rings. The standard InChI is InChI=1S/C12H16N4/c1-8(7-13)10-4-5-16-11(6-10)14-15-12(16)9-2-3-9/h4-6,8-9H,2-3,7,13H2,1H3. The number of fused-ring (bicyclic) bond motifs is 1. The van der Waals surface area contributed by atoms with Gasteiger partial charge in [-0.3, -0.25) is 4.40 Å². The van der Waals surface area contributed by atoms with Crippen LogP contribution in [0.4, 0.5) is 0 Å². The topological polar surface area (TPSA) is 56.2 Å². The highest BCUT2D eigenvalue weighted by Crippen LogP contribution is 2.38. The second-order valence-corrected chi connectivity index (χ2v) is 4.66. The van der Waals surface area contributed by atoms with Crippen LogP contribution in [0.15, 0.2) is 18.3 Å². The Balaban J connectivity index is 2.05. The molecule has 2 aromatic heterocycles. The molecule has 16 heavy (non-hydrogen) atoms. The first-order valence-corrected chi connectivity index (χ1v) is 5.84. The Kier molecular flexibility index (Phi) is 2.17. The minimum Gasteiger partial charge on any atom is -0.330 e. The third-order valence-electron chi connectivity index (χ3n) is 3.33. The van der Waals surface area contributed by atoms with Crippen molar-refractivity contribution in [3.63, 3.8) is 0 Å². The molecule has 1 aliphatic carbocycles. The largest absolute Gasteiger partial charge is 0.330 e. The van der Waals surface area contributed by atoms with Crippen LogP contribution in [0.2, 0.25) is 0 Å². The number of rotatable bonds is 3. The van der Waals surface area contributed by atoms with Crippen LogP contribution in [0, 0.1) is 0 Å². The number of hydrogen-bond acceptors (Lipinski definition) is 3. The highest BCUT2D eigenvalue weighted by atomic mass is 15.2. The van der Waals surface area contributed by atoms with Gasteiger partial charge in [-0.15, -0.1) is 10.2 Å². The lowest BCUT2D eigenvalue weighted by molar-refractivity contribution is 0.771. The summed E-state index contributed by atoms with van der Waals surface area (Å²) in [7, 11) is 0. The van der Waals surface area contributed by atoms with Gasteiger partial charge in [0, 0.05) is 12.1 Å². The average Bonchev–Trinajstić information content (AvgIpc) is 3.08. The Bertz CT molecular complexity index is 513. The van der Waals surface area contributed by atoms with Gasteiger partial charge in [0.1, 0.15) is 5.82 Å². The molecular weight excluding hydrogens is 200 g/mol. The summed E-state index contributed by atoms with van der Waals surface area (Å²) >= 11 is 0. The van der Waals surface area contributed by atoms with E-state index in [0.717, 1.165) is 11.5 Å². The summed E-state index contributed by atoms with van der Waals surface area (Å²) in [6, 6.07) is 4.22. The molecule has 0 aliphatic heterocycles. The summed E-state index contributed by atoms with van der Waals surface area (Å²) in [4.78, 5) is 0. The van der Waals surface area contributed by atoms with Gasteiger partial charge in [0.25, 0.3) is 0 Å². The predicted molar refractivity (Wildman–Crippen MR) is 62.4 cm³/mol. The molecule has 0 spiro atoms. The van der Waals surface area contributed by atoms with Crippen molar-refractivity contribution in [3.8, 4) is 0 Å². The zero-order valence-electron chi connectivity index (χ0n) is 9.43. The van der Waals surface area contributed by atoms with Gasteiger partial charge in [-0.1, -0.05) is 6.92 Å². The fourth-order valence-corrected chi connectivity index (χ4v) is 1.99. The van der Waals surface area contributed by atoms with Gasteiger partial charge in [-0.05, 0) is 43.0 Å². The molecule has 2 aromatic rings. The Labute approximate surface area is 94.5 Å². The van der Waals surface area contributed by atoms with Crippen molar-refractivity contribution in [3.05, 3.63) is 29.7 Å². The summed E-state index contributed by atoms with van der Waals surface area (Å²) in [5.41, 5.74) is 7.85. The molecule has 0 bridgehead atoms. The maximum atomic E-state index is 5.67. The van der Waals surface area contributed by atoms with E-state index in [1.165, 1.54) is 18.4 Å². The molecule has 1 unspecified atom stereocenters. The Hall–Kier alpha value is -1.42. The van der Waals surface area contributed by atoms with Crippen molar-refractivity contribution >= 4 is 5.65 Å². The van der Waals surface area contributed by atoms with Gasteiger partial charge >= 0.3 is 0 Å². The molecular formula is C12H16N4. The fourth-order valence-electron chi connectivity index (χ4n) is 1.99. The van der Waals surface area contributed by atoms with Crippen molar-refractivity contribution in [2.75, 3.05) is 6.54 Å². The number of nitrogens with two attached hydrogens (primary N) is 1. The first-order valence-electron chi connectivity index (χ1n) is 5.84. The van der Waals surface area contributed by atoms with Crippen molar-refractivity contribution in [1.82, 2.24) is 14.6 Å². The van der Waals surface area contributed by atoms with Crippen LogP contribution in [0.1, 0.15) is 43.0 Å². The normalized spacial score (nSPS) is 17.9. The van der Waals surface area contributed by atoms with Crippen molar-refractivity contribution in [2.45, 2.75) is 31.6 Å². The van der Waals surface area contributed by atoms with Gasteiger partial charge in [0.15, 0.2) is 5.65 Å². The first kappa shape index (κ1) is 9.78. The third kappa shape index (κ3) is 1.50. The second kappa shape index (κ2) is 3.56. The van der Waals surface area contributed by atoms with E-state index < -0.39 is 0 Å². The molecule has 1 atom stereocenters. The van der Waals surface area contributed by atoms with Crippen molar-refractivity contribution in [2.24, 2.45) is 5.73 Å². The third-order valence-corrected chi connectivity index (χ3v) is 3.33. The molecule has 1 saturated carbocycles. The minimum absolute atomic E-state index is 0.381. The molecule has 4 heteroatoms. The molecule has 0 aromatic carbocycles. The van der Waals surface area contributed by atoms with Gasteiger partial charge in [-0.2, -0.15) is 0 Å². The van der Waals surface area contributed by atoms with Crippen molar-refractivity contribution in [1.29, 1.82) is 0 Å². The lowest BCUT2D eigenvalue weighted by Gasteiger charge is -2.08. The summed E-state index contributed by atoms with van der Waals surface area (Å²) < 4.78 is 2.10. The molecule has 2 N–H and O–H groups in total. The van der Waals surface area contributed by atoms with Gasteiger partial charge in [0.2, 0.25) is 0 Å². The van der Waals surface area contributed by atoms with Crippen molar-refractivity contribution < 1.29 is 0 Å². The van der Waals surface area contributed by atoms with Gasteiger partial charge in [0.05, 0.1) is 0 Å². The highest BCUT2D eigenvalue weighted by Gasteiger charge is 2.28. The summed E-state index contributed by atoms with van der Waals surface area (Å²) in [5.74, 6) is 2.13. The minimum atomic E-state index is 0.381. The molecule has 4 nitrogen and oxygen atoms in total. The lowest BCUT2D eigenvalue weighted by atomic mass is 10.0. The Morgan fingerprint density at radius 3 is 3.00 bits per heavy atom. The lowest BCUT2D eigenvalue weighted by Crippen LogP contribution is -2.09. The van der Waals surface area contributed by atoms with Gasteiger partial charge in [-0.25, -0.2) is 0 Å². The highest BCUT2D eigenvalue weighted by molar-refractivity contribution is 5.43. The summed E-state index contributed by atoms with van der Waals surface area (Å²) in [6.45, 7) is 2.80. The molecule has 0 saturated heterocycles. The van der Waals surface area contributed by atoms with E-state index in [4.69, 9.17) is 5.73 Å². The second-order valence-electron chi connectivity index (χ2n) is 4.66. The number of hydrogen-bond donors (Lipinski definition) is 1. The van der Waals surface area contributed by atoms with E-state index in [1.54, 1.807) is 0 Å². The predicted octanol–water partition coefficient (Wildman–Crippen LogP) is 1.67. The van der Waals surface area contributed by atoms with E-state index in [-0.39, 0.29) is 0 Å². The molecule has 0 amide bonds. The molecule has 2 heterocycles. The number of pyridine rings is 1. The smallest absolute Gasteiger partial charge is 0.161 e. The van der Waals surface area contributed by atoms with Crippen LogP contribution >= 0.6 is 0 Å². The van der Waals surface area contributed by atoms with Crippen LogP contribution in [-0.4, -0.2) is 21.1 Å². The number of nitrogens with zero attached hydrogens (tertiary/aromatic N) is 3. The van der Waals surface area contributed by atoms with Crippen LogP contribution in [0.5, 0.6) is 0 Å². The van der Waals surface area contributed by atoms with Crippen LogP contribution in [0.3, 0.4) is 0 Å². The zero-order valence-corrected chi connectivity index (χ0v) is 9.43. The molecule has 84 valence electrons. The van der Waals surface area contributed by atoms with E-state index in [1.807, 2.05) is 0 Å². The fraction of sp³-hybridized carbons (Fsp3) is 0.500. The monoisotopic (exact) mass is 216 g/mol. The molecule has 0 radical (unpaired) electrons. The summed E-state index contributed by atoms with van der Waals surface area (Å²) in [6.07, 6.45) is 4.58. The summed E-state index contributed by atoms with van der Waals surface area (Å²) in [5, 5.41) is 8.49. The van der Waals surface area contributed by atoms with E-state index in [9.17, 15) is 0 Å².